The largest absolute Gasteiger partial charge is 0.507 e. The smallest absolute Gasteiger partial charge is 0.295 e. The highest BCUT2D eigenvalue weighted by atomic mass is 16.5. The molecule has 162 valence electrons. The van der Waals surface area contributed by atoms with Gasteiger partial charge in [-0.25, -0.2) is 0 Å². The number of nitrogens with zero attached hydrogens (tertiary/aromatic N) is 2. The number of aromatic nitrogens is 1. The molecule has 32 heavy (non-hydrogen) atoms. The van der Waals surface area contributed by atoms with Crippen molar-refractivity contribution in [1.29, 1.82) is 0 Å². The second-order valence-electron chi connectivity index (χ2n) is 7.62. The maximum Gasteiger partial charge on any atom is 0.295 e. The number of aryl methyl sites for hydroxylation is 1. The summed E-state index contributed by atoms with van der Waals surface area (Å²) in [5, 5.41) is 11.2. The first kappa shape index (κ1) is 21.3. The molecule has 1 fully saturated rings. The van der Waals surface area contributed by atoms with Crippen molar-refractivity contribution in [3.63, 3.8) is 0 Å². The molecule has 1 saturated heterocycles. The summed E-state index contributed by atoms with van der Waals surface area (Å²) in [5.74, 6) is -1.04. The van der Waals surface area contributed by atoms with Gasteiger partial charge in [0.1, 0.15) is 11.5 Å². The second kappa shape index (κ2) is 9.06. The number of hydrogen-bond acceptors (Lipinski definition) is 5. The Kier molecular flexibility index (Phi) is 6.03. The van der Waals surface area contributed by atoms with Gasteiger partial charge in [-0.1, -0.05) is 49.4 Å². The normalized spacial score (nSPS) is 17.6. The number of hydrogen-bond donors (Lipinski definition) is 1. The van der Waals surface area contributed by atoms with Gasteiger partial charge in [0.05, 0.1) is 18.7 Å². The predicted octanol–water partition coefficient (Wildman–Crippen LogP) is 4.27. The van der Waals surface area contributed by atoms with Crippen LogP contribution in [0.3, 0.4) is 0 Å². The molecule has 3 aromatic rings. The Morgan fingerprint density at radius 2 is 1.84 bits per heavy atom. The number of carbonyl (C=O) groups excluding carboxylic acids is 2. The molecule has 1 aliphatic rings. The zero-order valence-corrected chi connectivity index (χ0v) is 18.0. The fourth-order valence-electron chi connectivity index (χ4n) is 3.94. The van der Waals surface area contributed by atoms with Crippen molar-refractivity contribution in [1.82, 2.24) is 9.88 Å². The maximum atomic E-state index is 13.1. The number of pyridine rings is 1. The first-order chi connectivity index (χ1) is 15.5. The Labute approximate surface area is 186 Å². The molecule has 1 aliphatic heterocycles. The van der Waals surface area contributed by atoms with E-state index in [4.69, 9.17) is 4.74 Å². The number of carbonyl (C=O) groups is 2. The van der Waals surface area contributed by atoms with E-state index < -0.39 is 17.7 Å². The fourth-order valence-corrected chi connectivity index (χ4v) is 3.94. The van der Waals surface area contributed by atoms with E-state index in [1.807, 2.05) is 30.3 Å². The summed E-state index contributed by atoms with van der Waals surface area (Å²) in [7, 11) is 1.53. The Hall–Kier alpha value is -3.93. The van der Waals surface area contributed by atoms with Crippen LogP contribution < -0.4 is 4.74 Å². The van der Waals surface area contributed by atoms with E-state index >= 15 is 0 Å². The van der Waals surface area contributed by atoms with Crippen LogP contribution in [0.25, 0.3) is 5.76 Å². The highest BCUT2D eigenvalue weighted by Gasteiger charge is 2.46. The van der Waals surface area contributed by atoms with Gasteiger partial charge in [-0.05, 0) is 41.3 Å². The van der Waals surface area contributed by atoms with Gasteiger partial charge in [-0.2, -0.15) is 0 Å². The van der Waals surface area contributed by atoms with Crippen molar-refractivity contribution in [2.45, 2.75) is 25.9 Å². The van der Waals surface area contributed by atoms with Crippen molar-refractivity contribution < 1.29 is 19.4 Å². The van der Waals surface area contributed by atoms with E-state index in [1.54, 1.807) is 42.7 Å². The molecule has 1 atom stereocenters. The molecule has 1 unspecified atom stereocenters. The number of methoxy groups -OCH3 is 1. The number of rotatable bonds is 6. The van der Waals surface area contributed by atoms with Gasteiger partial charge >= 0.3 is 0 Å². The van der Waals surface area contributed by atoms with Gasteiger partial charge in [0.15, 0.2) is 0 Å². The molecule has 1 N–H and O–H groups in total. The monoisotopic (exact) mass is 428 g/mol. The van der Waals surface area contributed by atoms with Gasteiger partial charge in [0.25, 0.3) is 11.7 Å². The van der Waals surface area contributed by atoms with Crippen LogP contribution in [-0.4, -0.2) is 33.8 Å². The van der Waals surface area contributed by atoms with Crippen molar-refractivity contribution >= 4 is 17.4 Å². The number of aliphatic hydroxyl groups is 1. The summed E-state index contributed by atoms with van der Waals surface area (Å²) in [6, 6.07) is 17.5. The van der Waals surface area contributed by atoms with E-state index in [2.05, 4.69) is 11.9 Å². The Balaban J connectivity index is 1.85. The third kappa shape index (κ3) is 3.99. The lowest BCUT2D eigenvalue weighted by atomic mass is 9.94. The fraction of sp³-hybridized carbons (Fsp3) is 0.192. The standard InChI is InChI=1S/C26H24N2O4/c1-3-17-9-11-19(12-10-17)23-22(24(29)20-7-4-8-21(14-20)32-2)25(30)26(31)28(23)16-18-6-5-13-27-15-18/h4-15,23,29H,3,16H2,1-2H3/b24-22+. The highest BCUT2D eigenvalue weighted by Crippen LogP contribution is 2.40. The molecule has 0 aliphatic carbocycles. The van der Waals surface area contributed by atoms with E-state index in [0.717, 1.165) is 23.1 Å². The lowest BCUT2D eigenvalue weighted by Gasteiger charge is -2.25. The number of aliphatic hydroxyl groups excluding tert-OH is 1. The van der Waals surface area contributed by atoms with Crippen LogP contribution in [0.15, 0.2) is 78.6 Å². The summed E-state index contributed by atoms with van der Waals surface area (Å²) in [5.41, 5.74) is 3.18. The number of amides is 1. The molecule has 6 nitrogen and oxygen atoms in total. The first-order valence-electron chi connectivity index (χ1n) is 10.4. The van der Waals surface area contributed by atoms with Crippen LogP contribution in [0.2, 0.25) is 0 Å². The average Bonchev–Trinajstić information content (AvgIpc) is 3.09. The molecular formula is C26H24N2O4. The van der Waals surface area contributed by atoms with Gasteiger partial charge in [0.2, 0.25) is 0 Å². The zero-order chi connectivity index (χ0) is 22.7. The van der Waals surface area contributed by atoms with E-state index in [0.29, 0.717) is 11.3 Å². The molecule has 2 aromatic carbocycles. The quantitative estimate of drug-likeness (QED) is 0.360. The van der Waals surface area contributed by atoms with E-state index in [1.165, 1.54) is 12.0 Å². The second-order valence-corrected chi connectivity index (χ2v) is 7.62. The van der Waals surface area contributed by atoms with Crippen LogP contribution in [0.1, 0.15) is 35.2 Å². The van der Waals surface area contributed by atoms with Gasteiger partial charge in [-0.15, -0.1) is 0 Å². The van der Waals surface area contributed by atoms with Crippen molar-refractivity contribution in [2.24, 2.45) is 0 Å². The van der Waals surface area contributed by atoms with Crippen LogP contribution in [-0.2, 0) is 22.6 Å². The van der Waals surface area contributed by atoms with Gasteiger partial charge in [-0.3, -0.25) is 14.6 Å². The zero-order valence-electron chi connectivity index (χ0n) is 18.0. The molecular weight excluding hydrogens is 404 g/mol. The summed E-state index contributed by atoms with van der Waals surface area (Å²) in [4.78, 5) is 31.8. The molecule has 2 heterocycles. The number of likely N-dealkylation sites (tertiary alicyclic amines) is 1. The minimum Gasteiger partial charge on any atom is -0.507 e. The summed E-state index contributed by atoms with van der Waals surface area (Å²) < 4.78 is 5.25. The van der Waals surface area contributed by atoms with Crippen LogP contribution in [0.5, 0.6) is 5.75 Å². The third-order valence-corrected chi connectivity index (χ3v) is 5.66. The number of Topliss-reactive ketones (excluding diaryl/α,β-unsaturated/α-hetero) is 1. The Morgan fingerprint density at radius 1 is 1.06 bits per heavy atom. The van der Waals surface area contributed by atoms with Gasteiger partial charge in [0, 0.05) is 24.5 Å². The number of ether oxygens (including phenoxy) is 1. The SMILES string of the molecule is CCc1ccc(C2/C(=C(\O)c3cccc(OC)c3)C(=O)C(=O)N2Cc2cccnc2)cc1. The molecule has 0 bridgehead atoms. The molecule has 0 spiro atoms. The summed E-state index contributed by atoms with van der Waals surface area (Å²) >= 11 is 0. The molecule has 0 radical (unpaired) electrons. The predicted molar refractivity (Wildman–Crippen MR) is 121 cm³/mol. The van der Waals surface area contributed by atoms with Crippen LogP contribution in [0, 0.1) is 0 Å². The Bertz CT molecular complexity index is 1170. The minimum atomic E-state index is -0.715. The molecule has 6 heteroatoms. The highest BCUT2D eigenvalue weighted by molar-refractivity contribution is 6.46. The Morgan fingerprint density at radius 3 is 2.50 bits per heavy atom. The van der Waals surface area contributed by atoms with E-state index in [-0.39, 0.29) is 17.9 Å². The lowest BCUT2D eigenvalue weighted by Crippen LogP contribution is -2.29. The van der Waals surface area contributed by atoms with Crippen LogP contribution in [0.4, 0.5) is 0 Å². The first-order valence-corrected chi connectivity index (χ1v) is 10.4. The summed E-state index contributed by atoms with van der Waals surface area (Å²) in [6.07, 6.45) is 4.19. The average molecular weight is 428 g/mol. The van der Waals surface area contributed by atoms with Crippen LogP contribution >= 0.6 is 0 Å². The topological polar surface area (TPSA) is 79.7 Å². The van der Waals surface area contributed by atoms with Crippen molar-refractivity contribution in [3.8, 4) is 5.75 Å². The molecule has 1 amide bonds. The molecule has 1 aromatic heterocycles. The van der Waals surface area contributed by atoms with Crippen molar-refractivity contribution in [2.75, 3.05) is 7.11 Å². The maximum absolute atomic E-state index is 13.1. The van der Waals surface area contributed by atoms with Crippen molar-refractivity contribution in [3.05, 3.63) is 101 Å². The van der Waals surface area contributed by atoms with Gasteiger partial charge < -0.3 is 14.7 Å². The van der Waals surface area contributed by atoms with E-state index in [9.17, 15) is 14.7 Å². The third-order valence-electron chi connectivity index (χ3n) is 5.66. The number of ketones is 1. The molecule has 4 rings (SSSR count). The molecule has 0 saturated carbocycles. The number of benzene rings is 2. The minimum absolute atomic E-state index is 0.0661. The lowest BCUT2D eigenvalue weighted by molar-refractivity contribution is -0.140. The summed E-state index contributed by atoms with van der Waals surface area (Å²) in [6.45, 7) is 2.26.